The van der Waals surface area contributed by atoms with Gasteiger partial charge in [-0.25, -0.2) is 9.37 Å². The molecule has 0 atom stereocenters. The summed E-state index contributed by atoms with van der Waals surface area (Å²) in [6.07, 6.45) is 4.77. The number of aromatic nitrogens is 2. The van der Waals surface area contributed by atoms with Crippen LogP contribution in [0.5, 0.6) is 5.75 Å². The van der Waals surface area contributed by atoms with Crippen molar-refractivity contribution in [3.63, 3.8) is 0 Å². The third-order valence-corrected chi connectivity index (χ3v) is 6.15. The molecule has 5 rings (SSSR count). The highest BCUT2D eigenvalue weighted by Gasteiger charge is 2.22. The Morgan fingerprint density at radius 1 is 1.15 bits per heavy atom. The molecular formula is C28H24FN3O. The summed E-state index contributed by atoms with van der Waals surface area (Å²) in [6, 6.07) is 19.1. The number of allylic oxidation sites excluding steroid dienone is 1. The fourth-order valence-electron chi connectivity index (χ4n) is 4.62. The molecule has 164 valence electrons. The van der Waals surface area contributed by atoms with E-state index in [9.17, 15) is 9.65 Å². The second-order valence-corrected chi connectivity index (χ2v) is 8.39. The van der Waals surface area contributed by atoms with E-state index in [0.717, 1.165) is 58.4 Å². The van der Waals surface area contributed by atoms with E-state index in [0.29, 0.717) is 17.9 Å². The van der Waals surface area contributed by atoms with Crippen LogP contribution in [0.15, 0.2) is 66.4 Å². The number of benzene rings is 2. The van der Waals surface area contributed by atoms with Gasteiger partial charge in [-0.05, 0) is 54.3 Å². The van der Waals surface area contributed by atoms with Gasteiger partial charge >= 0.3 is 0 Å². The van der Waals surface area contributed by atoms with Gasteiger partial charge in [0, 0.05) is 35.4 Å². The second kappa shape index (κ2) is 8.55. The van der Waals surface area contributed by atoms with Crippen molar-refractivity contribution in [2.24, 2.45) is 0 Å². The maximum Gasteiger partial charge on any atom is 0.137 e. The lowest BCUT2D eigenvalue weighted by atomic mass is 9.89. The van der Waals surface area contributed by atoms with E-state index in [2.05, 4.69) is 41.8 Å². The lowest BCUT2D eigenvalue weighted by Crippen LogP contribution is -2.02. The Balaban J connectivity index is 1.60. The Kier molecular flexibility index (Phi) is 5.43. The third-order valence-electron chi connectivity index (χ3n) is 6.15. The summed E-state index contributed by atoms with van der Waals surface area (Å²) in [5.41, 5.74) is 8.48. The monoisotopic (exact) mass is 437 g/mol. The van der Waals surface area contributed by atoms with Gasteiger partial charge in [-0.15, -0.1) is 0 Å². The number of aryl methyl sites for hydroxylation is 1. The summed E-state index contributed by atoms with van der Waals surface area (Å²) in [4.78, 5) is 4.84. The third kappa shape index (κ3) is 3.78. The first kappa shape index (κ1) is 21.0. The average molecular weight is 438 g/mol. The van der Waals surface area contributed by atoms with Gasteiger partial charge in [0.05, 0.1) is 17.5 Å². The summed E-state index contributed by atoms with van der Waals surface area (Å²) in [6.45, 7) is 4.27. The zero-order valence-electron chi connectivity index (χ0n) is 18.7. The lowest BCUT2D eigenvalue weighted by molar-refractivity contribution is 0.305. The SMILES string of the molecule is CCCc1nc2ccccn2c1Cc1ccc2c(c1)COc1cc(F)ccc1/C2=C(/C)C#N. The Morgan fingerprint density at radius 3 is 2.82 bits per heavy atom. The molecule has 0 aliphatic carbocycles. The fraction of sp³-hybridized carbons (Fsp3) is 0.214. The maximum atomic E-state index is 13.9. The van der Waals surface area contributed by atoms with Crippen molar-refractivity contribution in [3.8, 4) is 11.8 Å². The van der Waals surface area contributed by atoms with Gasteiger partial charge in [-0.1, -0.05) is 37.6 Å². The predicted octanol–water partition coefficient (Wildman–Crippen LogP) is 6.25. The smallest absolute Gasteiger partial charge is 0.137 e. The maximum absolute atomic E-state index is 13.9. The molecule has 0 spiro atoms. The van der Waals surface area contributed by atoms with Gasteiger partial charge in [-0.3, -0.25) is 0 Å². The molecule has 0 radical (unpaired) electrons. The number of nitriles is 1. The van der Waals surface area contributed by atoms with Crippen molar-refractivity contribution < 1.29 is 9.13 Å². The number of pyridine rings is 1. The van der Waals surface area contributed by atoms with E-state index in [1.165, 1.54) is 17.8 Å². The van der Waals surface area contributed by atoms with E-state index in [1.54, 1.807) is 13.0 Å². The number of rotatable bonds is 4. The minimum atomic E-state index is -0.356. The highest BCUT2D eigenvalue weighted by molar-refractivity contribution is 5.88. The van der Waals surface area contributed by atoms with Crippen LogP contribution in [-0.4, -0.2) is 9.38 Å². The number of hydrogen-bond acceptors (Lipinski definition) is 3. The first-order valence-electron chi connectivity index (χ1n) is 11.2. The summed E-state index contributed by atoms with van der Waals surface area (Å²) < 4.78 is 22.1. The Morgan fingerprint density at radius 2 is 2.00 bits per heavy atom. The Labute approximate surface area is 192 Å². The number of ether oxygens (including phenoxy) is 1. The molecule has 0 amide bonds. The van der Waals surface area contributed by atoms with E-state index in [1.807, 2.05) is 18.2 Å². The van der Waals surface area contributed by atoms with Gasteiger partial charge in [-0.2, -0.15) is 5.26 Å². The molecule has 0 bridgehead atoms. The van der Waals surface area contributed by atoms with Gasteiger partial charge in [0.25, 0.3) is 0 Å². The lowest BCUT2D eigenvalue weighted by Gasteiger charge is -2.13. The van der Waals surface area contributed by atoms with Crippen LogP contribution in [-0.2, 0) is 19.4 Å². The molecular weight excluding hydrogens is 413 g/mol. The van der Waals surface area contributed by atoms with Crippen molar-refractivity contribution >= 4 is 11.2 Å². The summed E-state index contributed by atoms with van der Waals surface area (Å²) in [5.74, 6) is 0.106. The number of nitrogens with zero attached hydrogens (tertiary/aromatic N) is 3. The van der Waals surface area contributed by atoms with E-state index in [4.69, 9.17) is 9.72 Å². The molecule has 33 heavy (non-hydrogen) atoms. The predicted molar refractivity (Wildman–Crippen MR) is 126 cm³/mol. The van der Waals surface area contributed by atoms with Gasteiger partial charge in [0.15, 0.2) is 0 Å². The second-order valence-electron chi connectivity index (χ2n) is 8.39. The van der Waals surface area contributed by atoms with Crippen molar-refractivity contribution in [1.82, 2.24) is 9.38 Å². The normalized spacial score (nSPS) is 14.1. The zero-order chi connectivity index (χ0) is 22.9. The molecule has 1 aliphatic rings. The molecule has 0 saturated carbocycles. The molecule has 4 aromatic rings. The molecule has 0 fully saturated rings. The van der Waals surface area contributed by atoms with Gasteiger partial charge < -0.3 is 9.14 Å². The molecule has 0 N–H and O–H groups in total. The van der Waals surface area contributed by atoms with Crippen molar-refractivity contribution in [3.05, 3.63) is 106 Å². The van der Waals surface area contributed by atoms with Gasteiger partial charge in [0.1, 0.15) is 23.8 Å². The van der Waals surface area contributed by atoms with Crippen LogP contribution in [0, 0.1) is 17.1 Å². The summed E-state index contributed by atoms with van der Waals surface area (Å²) in [7, 11) is 0. The van der Waals surface area contributed by atoms with Crippen LogP contribution in [0.2, 0.25) is 0 Å². The quantitative estimate of drug-likeness (QED) is 0.354. The van der Waals surface area contributed by atoms with Crippen LogP contribution in [0.3, 0.4) is 0 Å². The Bertz CT molecular complexity index is 1440. The largest absolute Gasteiger partial charge is 0.488 e. The molecule has 2 aromatic heterocycles. The fourth-order valence-corrected chi connectivity index (χ4v) is 4.62. The highest BCUT2D eigenvalue weighted by atomic mass is 19.1. The Hall–Kier alpha value is -3.91. The number of imidazole rings is 1. The molecule has 1 aliphatic heterocycles. The molecule has 5 heteroatoms. The summed E-state index contributed by atoms with van der Waals surface area (Å²) >= 11 is 0. The van der Waals surface area contributed by atoms with Crippen LogP contribution < -0.4 is 4.74 Å². The van der Waals surface area contributed by atoms with Crippen molar-refractivity contribution in [1.29, 1.82) is 5.26 Å². The van der Waals surface area contributed by atoms with Crippen LogP contribution >= 0.6 is 0 Å². The average Bonchev–Trinajstić information content (AvgIpc) is 3.07. The number of halogens is 1. The van der Waals surface area contributed by atoms with Crippen LogP contribution in [0.1, 0.15) is 53.9 Å². The van der Waals surface area contributed by atoms with Crippen molar-refractivity contribution in [2.75, 3.05) is 0 Å². The number of hydrogen-bond donors (Lipinski definition) is 0. The van der Waals surface area contributed by atoms with E-state index >= 15 is 0 Å². The van der Waals surface area contributed by atoms with Crippen molar-refractivity contribution in [2.45, 2.75) is 39.7 Å². The minimum Gasteiger partial charge on any atom is -0.488 e. The first-order chi connectivity index (χ1) is 16.1. The molecule has 4 nitrogen and oxygen atoms in total. The van der Waals surface area contributed by atoms with Crippen LogP contribution in [0.25, 0.3) is 11.2 Å². The first-order valence-corrected chi connectivity index (χ1v) is 11.2. The molecule has 0 saturated heterocycles. The van der Waals surface area contributed by atoms with E-state index < -0.39 is 0 Å². The zero-order valence-corrected chi connectivity index (χ0v) is 18.7. The topological polar surface area (TPSA) is 50.3 Å². The molecule has 0 unspecified atom stereocenters. The standard InChI is InChI=1S/C28H24FN3O/c1-3-6-24-25(32-12-5-4-7-27(32)31-24)14-19-8-10-22-20(13-19)17-33-26-15-21(29)9-11-23(26)28(22)18(2)16-30/h4-5,7-13,15H,3,6,14,17H2,1-2H3/b28-18-. The summed E-state index contributed by atoms with van der Waals surface area (Å²) in [5, 5.41) is 9.66. The molecule has 2 aromatic carbocycles. The molecule has 3 heterocycles. The highest BCUT2D eigenvalue weighted by Crippen LogP contribution is 2.39. The van der Waals surface area contributed by atoms with Crippen LogP contribution in [0.4, 0.5) is 4.39 Å². The minimum absolute atomic E-state index is 0.316. The van der Waals surface area contributed by atoms with Gasteiger partial charge in [0.2, 0.25) is 0 Å². The van der Waals surface area contributed by atoms with E-state index in [-0.39, 0.29) is 5.82 Å². The number of fused-ring (bicyclic) bond motifs is 3.